The van der Waals surface area contributed by atoms with Gasteiger partial charge in [0, 0.05) is 40.0 Å². The first kappa shape index (κ1) is 55.1. The van der Waals surface area contributed by atoms with E-state index in [0.29, 0.717) is 30.7 Å². The Morgan fingerprint density at radius 3 is 1.73 bits per heavy atom. The van der Waals surface area contributed by atoms with Crippen molar-refractivity contribution in [2.75, 3.05) is 27.3 Å². The molecule has 1 saturated carbocycles. The van der Waals surface area contributed by atoms with E-state index < -0.39 is 30.5 Å². The lowest BCUT2D eigenvalue weighted by Gasteiger charge is -2.30. The maximum atomic E-state index is 13.8. The van der Waals surface area contributed by atoms with Gasteiger partial charge in [-0.2, -0.15) is 54.0 Å². The van der Waals surface area contributed by atoms with Crippen LogP contribution in [0.25, 0.3) is 44.7 Å². The lowest BCUT2D eigenvalue weighted by atomic mass is 10.0. The lowest BCUT2D eigenvalue weighted by molar-refractivity contribution is -0.136. The number of aromatic amines is 2. The van der Waals surface area contributed by atoms with Crippen molar-refractivity contribution in [3.63, 3.8) is 0 Å². The van der Waals surface area contributed by atoms with Gasteiger partial charge in [0.25, 0.3) is 0 Å². The Morgan fingerprint density at radius 2 is 1.21 bits per heavy atom. The summed E-state index contributed by atoms with van der Waals surface area (Å²) in [6.45, 7) is 8.78. The van der Waals surface area contributed by atoms with Gasteiger partial charge in [-0.1, -0.05) is 39.8 Å². The standard InChI is InChI=1S/C50H57N9O7S.4H2S/c1-26(2)42(55-49(62)64-5)46(60)57-19-7-9-36(57)44-51-24-33(53-44)29-14-16-35-31(21-29)22-38-32-15-13-30(23-39(32)66-48(59(35)38)41-18-17-40(67-41)28-11-12-28)34-25-52-45(54-34)37-10-8-20-58(37)47(61)43(27(3)4)56-50(63)65-6;;;;/h13-18,21-28,36-37,42-43,48H,7-12,19-20H2,1-6H3,(H,51,53)(H,52,54)(H,55,62)(H,56,63);4*1H2/t36-,37-,42-,43-,48?;;;;/m0..../s1. The van der Waals surface area contributed by atoms with Crippen molar-refractivity contribution in [3.05, 3.63) is 88.4 Å². The highest BCUT2D eigenvalue weighted by molar-refractivity contribution is 7.59. The van der Waals surface area contributed by atoms with Crippen LogP contribution in [-0.2, 0) is 19.1 Å². The minimum Gasteiger partial charge on any atom is -0.464 e. The number of amides is 4. The minimum atomic E-state index is -0.716. The van der Waals surface area contributed by atoms with E-state index >= 15 is 0 Å². The van der Waals surface area contributed by atoms with Gasteiger partial charge < -0.3 is 44.6 Å². The highest BCUT2D eigenvalue weighted by atomic mass is 32.1. The van der Waals surface area contributed by atoms with Gasteiger partial charge in [-0.25, -0.2) is 19.6 Å². The van der Waals surface area contributed by atoms with Crippen LogP contribution in [0.4, 0.5) is 9.59 Å². The molecule has 0 spiro atoms. The van der Waals surface area contributed by atoms with E-state index in [2.05, 4.69) is 79.8 Å². The summed E-state index contributed by atoms with van der Waals surface area (Å²) in [5, 5.41) is 6.50. The van der Waals surface area contributed by atoms with Crippen LogP contribution in [0, 0.1) is 11.8 Å². The molecule has 1 aliphatic carbocycles. The number of benzene rings is 2. The Balaban J connectivity index is 0.00000206. The first-order valence-electron chi connectivity index (χ1n) is 23.4. The molecule has 2 aromatic carbocycles. The van der Waals surface area contributed by atoms with Gasteiger partial charge in [0.05, 0.1) is 66.2 Å². The molecule has 10 rings (SSSR count). The molecule has 4 amide bonds. The van der Waals surface area contributed by atoms with Crippen LogP contribution in [0.3, 0.4) is 0 Å². The second-order valence-electron chi connectivity index (χ2n) is 18.8. The van der Waals surface area contributed by atoms with Crippen molar-refractivity contribution in [2.45, 2.75) is 103 Å². The number of ether oxygens (including phenoxy) is 3. The van der Waals surface area contributed by atoms with Crippen LogP contribution in [0.15, 0.2) is 67.0 Å². The van der Waals surface area contributed by atoms with Gasteiger partial charge in [-0.05, 0) is 98.7 Å². The summed E-state index contributed by atoms with van der Waals surface area (Å²) in [6.07, 6.45) is 7.61. The SMILES string of the molecule is COC(=O)N[C@H](C(=O)N1CCC[C@H]1c1ncc(-c2ccc3c(c2)OC(c2ccc(C4CC4)s2)n2c-3cc3cc(-c4cnc([C@@H]5CCCN5C(=O)[C@@H](NC(=O)OC)C(C)C)[nH]4)ccc32)[nH]1)C(C)C.S.S.S.S. The van der Waals surface area contributed by atoms with Crippen molar-refractivity contribution in [3.8, 4) is 39.5 Å². The van der Waals surface area contributed by atoms with Crippen LogP contribution < -0.4 is 15.4 Å². The number of aromatic nitrogens is 5. The Morgan fingerprint density at radius 1 is 0.690 bits per heavy atom. The lowest BCUT2D eigenvalue weighted by Crippen LogP contribution is -2.51. The number of methoxy groups -OCH3 is 2. The van der Waals surface area contributed by atoms with E-state index in [9.17, 15) is 19.2 Å². The fourth-order valence-corrected chi connectivity index (χ4v) is 11.2. The molecule has 4 aromatic heterocycles. The van der Waals surface area contributed by atoms with Crippen molar-refractivity contribution < 1.29 is 33.4 Å². The zero-order chi connectivity index (χ0) is 46.7. The second-order valence-corrected chi connectivity index (χ2v) is 20.0. The molecule has 1 unspecified atom stereocenters. The number of H-pyrrole nitrogens is 2. The number of alkyl carbamates (subject to hydrolysis) is 2. The van der Waals surface area contributed by atoms with E-state index in [4.69, 9.17) is 24.2 Å². The first-order chi connectivity index (χ1) is 32.4. The van der Waals surface area contributed by atoms with Crippen LogP contribution in [0.2, 0.25) is 0 Å². The topological polar surface area (TPSA) is 189 Å². The number of thiophene rings is 1. The normalized spacial score (nSPS) is 18.7. The molecule has 21 heteroatoms. The molecule has 16 nitrogen and oxygen atoms in total. The number of hydrogen-bond donors (Lipinski definition) is 4. The van der Waals surface area contributed by atoms with Gasteiger partial charge in [-0.15, -0.1) is 11.3 Å². The molecule has 6 aromatic rings. The Bertz CT molecular complexity index is 2870. The zero-order valence-electron chi connectivity index (χ0n) is 40.6. The monoisotopic (exact) mass is 1060 g/mol. The van der Waals surface area contributed by atoms with Gasteiger partial charge >= 0.3 is 12.2 Å². The van der Waals surface area contributed by atoms with Gasteiger partial charge in [-0.3, -0.25) is 14.2 Å². The summed E-state index contributed by atoms with van der Waals surface area (Å²) >= 11 is 1.82. The molecule has 4 N–H and O–H groups in total. The smallest absolute Gasteiger partial charge is 0.407 e. The third-order valence-corrected chi connectivity index (χ3v) is 15.0. The number of nitrogens with one attached hydrogen (secondary N) is 4. The molecule has 5 atom stereocenters. The van der Waals surface area contributed by atoms with Crippen molar-refractivity contribution in [1.82, 2.24) is 44.9 Å². The number of likely N-dealkylation sites (tertiary alicyclic amines) is 2. The third-order valence-electron chi connectivity index (χ3n) is 13.7. The van der Waals surface area contributed by atoms with Crippen LogP contribution in [-0.4, -0.2) is 97.7 Å². The van der Waals surface area contributed by atoms with E-state index in [1.165, 1.54) is 31.9 Å². The third kappa shape index (κ3) is 10.7. The Hall–Kier alpha value is -5.22. The molecule has 4 aliphatic rings. The van der Waals surface area contributed by atoms with Crippen molar-refractivity contribution >= 4 is 100 Å². The predicted molar refractivity (Wildman–Crippen MR) is 295 cm³/mol. The number of rotatable bonds is 12. The first-order valence-corrected chi connectivity index (χ1v) is 24.2. The largest absolute Gasteiger partial charge is 0.464 e. The summed E-state index contributed by atoms with van der Waals surface area (Å²) in [7, 11) is 2.59. The molecule has 3 aliphatic heterocycles. The molecule has 382 valence electrons. The number of carbonyl (C=O) groups excluding carboxylic acids is 4. The molecular formula is C50H65N9O7S5. The minimum absolute atomic E-state index is 0. The molecule has 3 fully saturated rings. The zero-order valence-corrected chi connectivity index (χ0v) is 45.4. The Kier molecular flexibility index (Phi) is 17.6. The second kappa shape index (κ2) is 22.7. The molecular weight excluding hydrogens is 999 g/mol. The quantitative estimate of drug-likeness (QED) is 0.0926. The summed E-state index contributed by atoms with van der Waals surface area (Å²) < 4.78 is 19.0. The maximum Gasteiger partial charge on any atom is 0.407 e. The summed E-state index contributed by atoms with van der Waals surface area (Å²) in [6, 6.07) is 17.5. The molecule has 0 bridgehead atoms. The number of imidazole rings is 2. The fourth-order valence-electron chi connectivity index (χ4n) is 10.0. The predicted octanol–water partition coefficient (Wildman–Crippen LogP) is 9.51. The van der Waals surface area contributed by atoms with Crippen LogP contribution >= 0.6 is 65.3 Å². The Labute approximate surface area is 445 Å². The number of hydrogen-bond acceptors (Lipinski definition) is 10. The van der Waals surface area contributed by atoms with E-state index in [-0.39, 0.29) is 89.7 Å². The molecule has 7 heterocycles. The maximum absolute atomic E-state index is 13.8. The van der Waals surface area contributed by atoms with Gasteiger partial charge in [0.1, 0.15) is 29.5 Å². The summed E-state index contributed by atoms with van der Waals surface area (Å²) in [5.41, 5.74) is 6.60. The van der Waals surface area contributed by atoms with Crippen molar-refractivity contribution in [2.24, 2.45) is 11.8 Å². The summed E-state index contributed by atoms with van der Waals surface area (Å²) in [4.78, 5) is 74.7. The molecule has 71 heavy (non-hydrogen) atoms. The number of fused-ring (bicyclic) bond motifs is 5. The van der Waals surface area contributed by atoms with E-state index in [1.54, 1.807) is 0 Å². The fraction of sp³-hybridized carbons (Fsp3) is 0.440. The van der Waals surface area contributed by atoms with Crippen molar-refractivity contribution in [1.29, 1.82) is 0 Å². The molecule has 0 radical (unpaired) electrons. The van der Waals surface area contributed by atoms with Gasteiger partial charge in [0.15, 0.2) is 0 Å². The van der Waals surface area contributed by atoms with E-state index in [1.807, 2.05) is 61.2 Å². The average Bonchev–Trinajstić information content (AvgIpc) is 4.05. The molecule has 2 saturated heterocycles. The number of carbonyl (C=O) groups is 4. The van der Waals surface area contributed by atoms with Crippen LogP contribution in [0.5, 0.6) is 5.75 Å². The highest BCUT2D eigenvalue weighted by Gasteiger charge is 2.40. The summed E-state index contributed by atoms with van der Waals surface area (Å²) in [5.74, 6) is 2.24. The highest BCUT2D eigenvalue weighted by Crippen LogP contribution is 2.49. The number of nitrogens with zero attached hydrogens (tertiary/aromatic N) is 5. The van der Waals surface area contributed by atoms with Gasteiger partial charge in [0.2, 0.25) is 18.0 Å². The van der Waals surface area contributed by atoms with E-state index in [0.717, 1.165) is 81.0 Å². The average molecular weight is 1060 g/mol. The van der Waals surface area contributed by atoms with Crippen LogP contribution in [0.1, 0.15) is 112 Å².